The first kappa shape index (κ1) is 27.3. The molecule has 202 valence electrons. The molecule has 2 aromatic rings. The van der Waals surface area contributed by atoms with Crippen molar-refractivity contribution < 1.29 is 18.0 Å². The SMILES string of the molecule is CC(C)N(C)CC1(c2cccc(C(F)(F)F)c2)CCN(C(=O)CN2CCN(c3cnccn3)CC2)CC1. The molecule has 2 fully saturated rings. The molecule has 10 heteroatoms. The Bertz CT molecular complexity index is 1030. The number of piperazine rings is 1. The zero-order valence-corrected chi connectivity index (χ0v) is 21.9. The number of carbonyl (C=O) groups is 1. The van der Waals surface area contributed by atoms with E-state index in [1.165, 1.54) is 12.1 Å². The summed E-state index contributed by atoms with van der Waals surface area (Å²) in [5.74, 6) is 0.935. The Kier molecular flexibility index (Phi) is 8.38. The minimum atomic E-state index is -4.38. The summed E-state index contributed by atoms with van der Waals surface area (Å²) in [6, 6.07) is 6.03. The third kappa shape index (κ3) is 6.59. The molecule has 2 aliphatic rings. The minimum absolute atomic E-state index is 0.0859. The molecule has 37 heavy (non-hydrogen) atoms. The van der Waals surface area contributed by atoms with Crippen LogP contribution in [-0.2, 0) is 16.4 Å². The summed E-state index contributed by atoms with van der Waals surface area (Å²) in [7, 11) is 2.01. The standard InChI is InChI=1S/C27H37F3N6O/c1-21(2)33(3)20-26(22-5-4-6-23(17-22)27(28,29)30)7-11-36(12-8-26)25(37)19-34-13-15-35(16-14-34)24-18-31-9-10-32-24/h4-6,9-10,17-18,21H,7-8,11-16,19-20H2,1-3H3. The second-order valence-electron chi connectivity index (χ2n) is 10.6. The summed E-state index contributed by atoms with van der Waals surface area (Å²) in [5, 5.41) is 0. The number of hydrogen-bond acceptors (Lipinski definition) is 6. The molecule has 0 radical (unpaired) electrons. The maximum atomic E-state index is 13.5. The molecule has 0 spiro atoms. The van der Waals surface area contributed by atoms with Gasteiger partial charge in [-0.25, -0.2) is 4.98 Å². The van der Waals surface area contributed by atoms with E-state index in [4.69, 9.17) is 0 Å². The van der Waals surface area contributed by atoms with Crippen molar-refractivity contribution in [3.8, 4) is 0 Å². The van der Waals surface area contributed by atoms with Gasteiger partial charge in [-0.15, -0.1) is 0 Å². The van der Waals surface area contributed by atoms with Gasteiger partial charge in [-0.3, -0.25) is 14.7 Å². The van der Waals surface area contributed by atoms with Gasteiger partial charge in [0.05, 0.1) is 18.3 Å². The number of anilines is 1. The van der Waals surface area contributed by atoms with Crippen LogP contribution in [0.4, 0.5) is 19.0 Å². The highest BCUT2D eigenvalue weighted by Crippen LogP contribution is 2.39. The fourth-order valence-electron chi connectivity index (χ4n) is 5.29. The number of hydrogen-bond donors (Lipinski definition) is 0. The van der Waals surface area contributed by atoms with Crippen LogP contribution in [0.3, 0.4) is 0 Å². The molecule has 0 bridgehead atoms. The Morgan fingerprint density at radius 2 is 1.78 bits per heavy atom. The summed E-state index contributed by atoms with van der Waals surface area (Å²) in [4.78, 5) is 30.1. The number of alkyl halides is 3. The van der Waals surface area contributed by atoms with E-state index >= 15 is 0 Å². The average molecular weight is 519 g/mol. The van der Waals surface area contributed by atoms with E-state index in [1.54, 1.807) is 18.6 Å². The molecule has 3 heterocycles. The number of piperidine rings is 1. The van der Waals surface area contributed by atoms with Crippen LogP contribution >= 0.6 is 0 Å². The zero-order chi connectivity index (χ0) is 26.6. The number of benzene rings is 1. The van der Waals surface area contributed by atoms with Crippen LogP contribution in [0.25, 0.3) is 0 Å². The van der Waals surface area contributed by atoms with Crippen molar-refractivity contribution >= 4 is 11.7 Å². The lowest BCUT2D eigenvalue weighted by atomic mass is 9.71. The first-order chi connectivity index (χ1) is 17.6. The molecule has 7 nitrogen and oxygen atoms in total. The molecule has 0 saturated carbocycles. The fraction of sp³-hybridized carbons (Fsp3) is 0.593. The molecule has 1 aromatic heterocycles. The molecule has 0 unspecified atom stereocenters. The highest BCUT2D eigenvalue weighted by Gasteiger charge is 2.40. The van der Waals surface area contributed by atoms with Crippen molar-refractivity contribution in [1.82, 2.24) is 24.7 Å². The monoisotopic (exact) mass is 518 g/mol. The molecule has 0 atom stereocenters. The van der Waals surface area contributed by atoms with E-state index in [-0.39, 0.29) is 11.9 Å². The second-order valence-corrected chi connectivity index (χ2v) is 10.6. The zero-order valence-electron chi connectivity index (χ0n) is 21.9. The quantitative estimate of drug-likeness (QED) is 0.559. The molecule has 2 saturated heterocycles. The van der Waals surface area contributed by atoms with Gasteiger partial charge >= 0.3 is 6.18 Å². The van der Waals surface area contributed by atoms with Crippen LogP contribution in [-0.4, -0.2) is 96.0 Å². The maximum Gasteiger partial charge on any atom is 0.416 e. The molecule has 4 rings (SSSR count). The van der Waals surface area contributed by atoms with Gasteiger partial charge in [0.25, 0.3) is 0 Å². The van der Waals surface area contributed by atoms with Crippen molar-refractivity contribution in [3.05, 3.63) is 54.0 Å². The Morgan fingerprint density at radius 3 is 2.38 bits per heavy atom. The van der Waals surface area contributed by atoms with E-state index in [1.807, 2.05) is 18.0 Å². The van der Waals surface area contributed by atoms with Gasteiger partial charge in [0.15, 0.2) is 0 Å². The van der Waals surface area contributed by atoms with Crippen LogP contribution in [0.1, 0.15) is 37.8 Å². The van der Waals surface area contributed by atoms with Crippen molar-refractivity contribution in [2.45, 2.75) is 44.3 Å². The number of carbonyl (C=O) groups excluding carboxylic acids is 1. The second kappa shape index (κ2) is 11.3. The molecular formula is C27H37F3N6O. The highest BCUT2D eigenvalue weighted by atomic mass is 19.4. The lowest BCUT2D eigenvalue weighted by molar-refractivity contribution is -0.137. The minimum Gasteiger partial charge on any atom is -0.353 e. The fourth-order valence-corrected chi connectivity index (χ4v) is 5.29. The Balaban J connectivity index is 1.39. The number of nitrogens with zero attached hydrogens (tertiary/aromatic N) is 6. The summed E-state index contributed by atoms with van der Waals surface area (Å²) in [6.45, 7) is 9.37. The van der Waals surface area contributed by atoms with E-state index < -0.39 is 17.2 Å². The van der Waals surface area contributed by atoms with Gasteiger partial charge < -0.3 is 14.7 Å². The number of halogens is 3. The van der Waals surface area contributed by atoms with Crippen LogP contribution in [0.15, 0.2) is 42.9 Å². The van der Waals surface area contributed by atoms with Gasteiger partial charge in [-0.2, -0.15) is 13.2 Å². The lowest BCUT2D eigenvalue weighted by Crippen LogP contribution is -2.54. The van der Waals surface area contributed by atoms with Crippen LogP contribution in [0, 0.1) is 0 Å². The van der Waals surface area contributed by atoms with Gasteiger partial charge in [-0.1, -0.05) is 18.2 Å². The summed E-state index contributed by atoms with van der Waals surface area (Å²) in [5.41, 5.74) is -0.336. The predicted octanol–water partition coefficient (Wildman–Crippen LogP) is 3.52. The number of amides is 1. The predicted molar refractivity (Wildman–Crippen MR) is 137 cm³/mol. The molecule has 1 aromatic carbocycles. The van der Waals surface area contributed by atoms with Gasteiger partial charge in [-0.05, 0) is 45.4 Å². The number of likely N-dealkylation sites (N-methyl/N-ethyl adjacent to an activating group) is 1. The van der Waals surface area contributed by atoms with Crippen LogP contribution in [0.5, 0.6) is 0 Å². The topological polar surface area (TPSA) is 55.8 Å². The molecular weight excluding hydrogens is 481 g/mol. The lowest BCUT2D eigenvalue weighted by Gasteiger charge is -2.45. The first-order valence-electron chi connectivity index (χ1n) is 13.0. The Morgan fingerprint density at radius 1 is 1.08 bits per heavy atom. The van der Waals surface area contributed by atoms with Crippen molar-refractivity contribution in [2.24, 2.45) is 0 Å². The normalized spacial score (nSPS) is 19.0. The molecule has 1 amide bonds. The Hall–Kier alpha value is -2.72. The smallest absolute Gasteiger partial charge is 0.353 e. The number of rotatable bonds is 7. The molecule has 0 aliphatic carbocycles. The van der Waals surface area contributed by atoms with Crippen molar-refractivity contribution in [2.75, 3.05) is 64.3 Å². The first-order valence-corrected chi connectivity index (χ1v) is 13.0. The van der Waals surface area contributed by atoms with Gasteiger partial charge in [0.2, 0.25) is 5.91 Å². The van der Waals surface area contributed by atoms with Crippen molar-refractivity contribution in [3.63, 3.8) is 0 Å². The number of aromatic nitrogens is 2. The van der Waals surface area contributed by atoms with Crippen molar-refractivity contribution in [1.29, 1.82) is 0 Å². The largest absolute Gasteiger partial charge is 0.416 e. The molecule has 0 N–H and O–H groups in total. The Labute approximate surface area is 217 Å². The van der Waals surface area contributed by atoms with Gasteiger partial charge in [0.1, 0.15) is 5.82 Å². The third-order valence-corrected chi connectivity index (χ3v) is 7.91. The number of likely N-dealkylation sites (tertiary alicyclic amines) is 1. The van der Waals surface area contributed by atoms with Gasteiger partial charge in [0, 0.05) is 69.7 Å². The van der Waals surface area contributed by atoms with Crippen LogP contribution in [0.2, 0.25) is 0 Å². The highest BCUT2D eigenvalue weighted by molar-refractivity contribution is 5.78. The third-order valence-electron chi connectivity index (χ3n) is 7.91. The van der Waals surface area contributed by atoms with E-state index in [9.17, 15) is 18.0 Å². The average Bonchev–Trinajstić information content (AvgIpc) is 2.89. The molecule has 2 aliphatic heterocycles. The van der Waals surface area contributed by atoms with Crippen LogP contribution < -0.4 is 4.90 Å². The van der Waals surface area contributed by atoms with E-state index in [0.29, 0.717) is 44.6 Å². The summed E-state index contributed by atoms with van der Waals surface area (Å²) < 4.78 is 40.5. The van der Waals surface area contributed by atoms with E-state index in [0.717, 1.165) is 38.1 Å². The summed E-state index contributed by atoms with van der Waals surface area (Å²) in [6.07, 6.45) is 1.98. The maximum absolute atomic E-state index is 13.5. The van der Waals surface area contributed by atoms with E-state index in [2.05, 4.69) is 38.5 Å². The summed E-state index contributed by atoms with van der Waals surface area (Å²) >= 11 is 0.